The molecule has 0 bridgehead atoms. The second-order valence-electron chi connectivity index (χ2n) is 8.56. The molecule has 0 unspecified atom stereocenters. The second-order valence-corrected chi connectivity index (χ2v) is 13.3. The molecule has 0 aromatic carbocycles. The Morgan fingerprint density at radius 3 is 2.42 bits per heavy atom. The predicted molar refractivity (Wildman–Crippen MR) is 77.6 cm³/mol. The van der Waals surface area contributed by atoms with Gasteiger partial charge in [0.05, 0.1) is 17.3 Å². The lowest BCUT2D eigenvalue weighted by Crippen LogP contribution is -2.51. The summed E-state index contributed by atoms with van der Waals surface area (Å²) in [6.45, 7) is 13.5. The molecule has 5 atom stereocenters. The highest BCUT2D eigenvalue weighted by Crippen LogP contribution is 2.67. The molecule has 0 amide bonds. The number of aliphatic hydroxyl groups is 1. The van der Waals surface area contributed by atoms with Gasteiger partial charge in [-0.1, -0.05) is 20.8 Å². The van der Waals surface area contributed by atoms with Crippen molar-refractivity contribution in [1.82, 2.24) is 0 Å². The third-order valence-corrected chi connectivity index (χ3v) is 10.4. The number of hydrogen-bond acceptors (Lipinski definition) is 3. The third kappa shape index (κ3) is 1.87. The third-order valence-electron chi connectivity index (χ3n) is 5.89. The quantitative estimate of drug-likeness (QED) is 0.792. The smallest absolute Gasteiger partial charge is 0.192 e. The highest BCUT2D eigenvalue weighted by molar-refractivity contribution is 6.74. The predicted octanol–water partition coefficient (Wildman–Crippen LogP) is 3.08. The Balaban J connectivity index is 1.83. The van der Waals surface area contributed by atoms with Crippen molar-refractivity contribution in [3.63, 3.8) is 0 Å². The molecule has 1 N–H and O–H groups in total. The van der Waals surface area contributed by atoms with Crippen LogP contribution >= 0.6 is 0 Å². The van der Waals surface area contributed by atoms with Gasteiger partial charge in [-0.15, -0.1) is 0 Å². The summed E-state index contributed by atoms with van der Waals surface area (Å²) in [6.07, 6.45) is 2.80. The molecule has 0 aromatic rings. The summed E-state index contributed by atoms with van der Waals surface area (Å²) in [5, 5.41) is 11.0. The van der Waals surface area contributed by atoms with E-state index in [0.29, 0.717) is 5.92 Å². The average Bonchev–Trinajstić information content (AvgIpc) is 2.64. The largest absolute Gasteiger partial charge is 0.408 e. The van der Waals surface area contributed by atoms with Crippen molar-refractivity contribution < 1.29 is 14.3 Å². The summed E-state index contributed by atoms with van der Waals surface area (Å²) >= 11 is 0. The number of rotatable bonds is 2. The van der Waals surface area contributed by atoms with E-state index in [1.54, 1.807) is 0 Å². The van der Waals surface area contributed by atoms with Gasteiger partial charge >= 0.3 is 0 Å². The van der Waals surface area contributed by atoms with Crippen LogP contribution in [-0.2, 0) is 9.16 Å². The normalized spacial score (nSPS) is 49.1. The van der Waals surface area contributed by atoms with E-state index in [1.807, 2.05) is 0 Å². The van der Waals surface area contributed by atoms with E-state index in [1.165, 1.54) is 0 Å². The van der Waals surface area contributed by atoms with Crippen LogP contribution < -0.4 is 0 Å². The van der Waals surface area contributed by atoms with E-state index in [9.17, 15) is 5.11 Å². The number of hydrogen-bond donors (Lipinski definition) is 1. The standard InChI is InChI=1S/C15H28O3Si/c1-10-7-14(16)8-11-9-15(11,12(14)17-10)18-19(5,6)13(2,3)4/h10-12,16H,7-9H2,1-6H3/t10-,11-,12+,14-,15-/m1/s1. The lowest BCUT2D eigenvalue weighted by Gasteiger charge is -2.41. The Bertz CT molecular complexity index is 403. The van der Waals surface area contributed by atoms with E-state index in [4.69, 9.17) is 9.16 Å². The van der Waals surface area contributed by atoms with Gasteiger partial charge in [0.15, 0.2) is 8.32 Å². The molecular weight excluding hydrogens is 256 g/mol. The maximum atomic E-state index is 10.8. The Morgan fingerprint density at radius 2 is 1.84 bits per heavy atom. The Morgan fingerprint density at radius 1 is 1.21 bits per heavy atom. The van der Waals surface area contributed by atoms with Gasteiger partial charge < -0.3 is 14.3 Å². The number of fused-ring (bicyclic) bond motifs is 3. The van der Waals surface area contributed by atoms with Crippen LogP contribution in [0.2, 0.25) is 18.1 Å². The first-order valence-corrected chi connectivity index (χ1v) is 10.5. The molecular formula is C15H28O3Si. The van der Waals surface area contributed by atoms with E-state index in [-0.39, 0.29) is 22.8 Å². The van der Waals surface area contributed by atoms with Gasteiger partial charge in [0.2, 0.25) is 0 Å². The zero-order valence-corrected chi connectivity index (χ0v) is 14.1. The molecule has 3 nitrogen and oxygen atoms in total. The fourth-order valence-corrected chi connectivity index (χ4v) is 5.51. The Labute approximate surface area is 117 Å². The molecule has 2 saturated carbocycles. The van der Waals surface area contributed by atoms with Gasteiger partial charge in [0, 0.05) is 6.42 Å². The lowest BCUT2D eigenvalue weighted by atomic mass is 9.92. The van der Waals surface area contributed by atoms with Crippen LogP contribution in [0, 0.1) is 5.92 Å². The minimum Gasteiger partial charge on any atom is -0.408 e. The van der Waals surface area contributed by atoms with Crippen molar-refractivity contribution in [3.8, 4) is 0 Å². The van der Waals surface area contributed by atoms with Crippen molar-refractivity contribution in [3.05, 3.63) is 0 Å². The molecule has 0 aromatic heterocycles. The molecule has 0 spiro atoms. The highest BCUT2D eigenvalue weighted by atomic mass is 28.4. The molecule has 0 radical (unpaired) electrons. The highest BCUT2D eigenvalue weighted by Gasteiger charge is 2.76. The van der Waals surface area contributed by atoms with Crippen LogP contribution in [0.4, 0.5) is 0 Å². The fourth-order valence-electron chi connectivity index (χ4n) is 3.90. The van der Waals surface area contributed by atoms with Gasteiger partial charge in [-0.3, -0.25) is 0 Å². The van der Waals surface area contributed by atoms with Crippen molar-refractivity contribution in [2.45, 2.75) is 88.5 Å². The maximum absolute atomic E-state index is 10.8. The molecule has 1 heterocycles. The van der Waals surface area contributed by atoms with E-state index < -0.39 is 13.9 Å². The zero-order chi connectivity index (χ0) is 14.3. The Hall–Kier alpha value is 0.0969. The lowest BCUT2D eigenvalue weighted by molar-refractivity contribution is -0.0887. The summed E-state index contributed by atoms with van der Waals surface area (Å²) in [6, 6.07) is 0. The second kappa shape index (κ2) is 3.64. The Kier molecular flexibility index (Phi) is 2.70. The van der Waals surface area contributed by atoms with Crippen molar-refractivity contribution >= 4 is 8.32 Å². The molecule has 3 aliphatic rings. The van der Waals surface area contributed by atoms with Gasteiger partial charge in [0.25, 0.3) is 0 Å². The monoisotopic (exact) mass is 284 g/mol. The first-order valence-electron chi connectivity index (χ1n) is 7.58. The molecule has 19 heavy (non-hydrogen) atoms. The SMILES string of the molecule is C[C@@H]1C[C@@]2(O)C[C@@H]3C[C@]3(O[Si](C)(C)C(C)(C)C)[C@H]2O1. The molecule has 1 aliphatic heterocycles. The molecule has 3 fully saturated rings. The van der Waals surface area contributed by atoms with E-state index >= 15 is 0 Å². The molecule has 3 rings (SSSR count). The van der Waals surface area contributed by atoms with Crippen LogP contribution in [0.3, 0.4) is 0 Å². The number of ether oxygens (including phenoxy) is 1. The molecule has 1 saturated heterocycles. The maximum Gasteiger partial charge on any atom is 0.192 e. The molecule has 110 valence electrons. The summed E-state index contributed by atoms with van der Waals surface area (Å²) in [4.78, 5) is 0. The summed E-state index contributed by atoms with van der Waals surface area (Å²) in [7, 11) is -1.81. The van der Waals surface area contributed by atoms with E-state index in [0.717, 1.165) is 19.3 Å². The minimum absolute atomic E-state index is 0.0888. The summed E-state index contributed by atoms with van der Waals surface area (Å²) < 4.78 is 12.8. The summed E-state index contributed by atoms with van der Waals surface area (Å²) in [5.74, 6) is 0.518. The van der Waals surface area contributed by atoms with Crippen LogP contribution in [-0.4, -0.2) is 36.8 Å². The van der Waals surface area contributed by atoms with Gasteiger partial charge in [-0.05, 0) is 43.8 Å². The van der Waals surface area contributed by atoms with Crippen LogP contribution in [0.1, 0.15) is 47.0 Å². The first kappa shape index (κ1) is 14.1. The van der Waals surface area contributed by atoms with Crippen LogP contribution in [0.25, 0.3) is 0 Å². The van der Waals surface area contributed by atoms with Gasteiger partial charge in [0.1, 0.15) is 6.10 Å². The summed E-state index contributed by atoms with van der Waals surface area (Å²) in [5.41, 5.74) is -0.785. The fraction of sp³-hybridized carbons (Fsp3) is 1.00. The topological polar surface area (TPSA) is 38.7 Å². The molecule has 4 heteroatoms. The van der Waals surface area contributed by atoms with Crippen LogP contribution in [0.5, 0.6) is 0 Å². The first-order chi connectivity index (χ1) is 8.50. The average molecular weight is 284 g/mol. The molecule has 2 aliphatic carbocycles. The van der Waals surface area contributed by atoms with Gasteiger partial charge in [-0.25, -0.2) is 0 Å². The van der Waals surface area contributed by atoms with Crippen LogP contribution in [0.15, 0.2) is 0 Å². The van der Waals surface area contributed by atoms with Gasteiger partial charge in [-0.2, -0.15) is 0 Å². The zero-order valence-electron chi connectivity index (χ0n) is 13.1. The van der Waals surface area contributed by atoms with Crippen molar-refractivity contribution in [2.24, 2.45) is 5.92 Å². The van der Waals surface area contributed by atoms with Crippen molar-refractivity contribution in [2.75, 3.05) is 0 Å². The van der Waals surface area contributed by atoms with E-state index in [2.05, 4.69) is 40.8 Å². The minimum atomic E-state index is -1.81. The van der Waals surface area contributed by atoms with Crippen molar-refractivity contribution in [1.29, 1.82) is 0 Å².